The third-order valence-electron chi connectivity index (χ3n) is 2.40. The summed E-state index contributed by atoms with van der Waals surface area (Å²) in [6, 6.07) is 16.0. The van der Waals surface area contributed by atoms with Crippen molar-refractivity contribution in [1.82, 2.24) is 0 Å². The van der Waals surface area contributed by atoms with Gasteiger partial charge >= 0.3 is 0 Å². The molecule has 0 heterocycles. The Bertz CT molecular complexity index is 436. The molecular weight excluding hydrogens is 203 g/mol. The van der Waals surface area contributed by atoms with Crippen molar-refractivity contribution in [3.63, 3.8) is 0 Å². The first-order valence-electron chi connectivity index (χ1n) is 5.23. The molecule has 1 atom stereocenters. The zero-order valence-corrected chi connectivity index (χ0v) is 9.06. The third-order valence-corrected chi connectivity index (χ3v) is 2.40. The van der Waals surface area contributed by atoms with Gasteiger partial charge in [-0.2, -0.15) is 0 Å². The number of ether oxygens (including phenoxy) is 1. The van der Waals surface area contributed by atoms with Gasteiger partial charge in [0.15, 0.2) is 0 Å². The van der Waals surface area contributed by atoms with Gasteiger partial charge in [0, 0.05) is 0 Å². The number of benzene rings is 2. The molecule has 0 N–H and O–H groups in total. The second-order valence-corrected chi connectivity index (χ2v) is 3.62. The van der Waals surface area contributed by atoms with Crippen molar-refractivity contribution in [1.29, 1.82) is 0 Å². The van der Waals surface area contributed by atoms with Gasteiger partial charge in [0.05, 0.1) is 0 Å². The summed E-state index contributed by atoms with van der Waals surface area (Å²) in [5.41, 5.74) is 0.963. The van der Waals surface area contributed by atoms with E-state index in [2.05, 4.69) is 0 Å². The van der Waals surface area contributed by atoms with E-state index in [0.717, 1.165) is 11.3 Å². The van der Waals surface area contributed by atoms with Gasteiger partial charge in [0.1, 0.15) is 17.7 Å². The predicted octanol–water partition coefficient (Wildman–Crippen LogP) is 3.97. The van der Waals surface area contributed by atoms with Gasteiger partial charge in [0.2, 0.25) is 0 Å². The van der Waals surface area contributed by atoms with Gasteiger partial charge in [0.25, 0.3) is 0 Å². The standard InChI is InChI=1S/C14H13FO/c1-11(12-7-9-13(15)10-8-12)16-14-5-3-2-4-6-14/h2-11H,1H3. The van der Waals surface area contributed by atoms with E-state index in [-0.39, 0.29) is 11.9 Å². The highest BCUT2D eigenvalue weighted by molar-refractivity contribution is 5.24. The lowest BCUT2D eigenvalue weighted by Crippen LogP contribution is -2.02. The zero-order chi connectivity index (χ0) is 11.4. The Hall–Kier alpha value is -1.83. The minimum Gasteiger partial charge on any atom is -0.486 e. The lowest BCUT2D eigenvalue weighted by molar-refractivity contribution is 0.227. The van der Waals surface area contributed by atoms with E-state index in [1.807, 2.05) is 37.3 Å². The highest BCUT2D eigenvalue weighted by Gasteiger charge is 2.06. The maximum absolute atomic E-state index is 12.7. The van der Waals surface area contributed by atoms with Gasteiger partial charge in [-0.05, 0) is 36.8 Å². The third kappa shape index (κ3) is 2.60. The fraction of sp³-hybridized carbons (Fsp3) is 0.143. The Morgan fingerprint density at radius 1 is 0.938 bits per heavy atom. The quantitative estimate of drug-likeness (QED) is 0.754. The maximum atomic E-state index is 12.7. The van der Waals surface area contributed by atoms with Crippen LogP contribution in [0.5, 0.6) is 5.75 Å². The number of halogens is 1. The van der Waals surface area contributed by atoms with Gasteiger partial charge < -0.3 is 4.74 Å². The average molecular weight is 216 g/mol. The lowest BCUT2D eigenvalue weighted by Gasteiger charge is -2.14. The molecule has 0 aliphatic carbocycles. The molecule has 0 amide bonds. The van der Waals surface area contributed by atoms with Gasteiger partial charge in [-0.15, -0.1) is 0 Å². The van der Waals surface area contributed by atoms with Crippen LogP contribution in [0.4, 0.5) is 4.39 Å². The van der Waals surface area contributed by atoms with Crippen molar-refractivity contribution in [2.45, 2.75) is 13.0 Å². The first kappa shape index (κ1) is 10.7. The van der Waals surface area contributed by atoms with Crippen molar-refractivity contribution in [2.24, 2.45) is 0 Å². The molecule has 2 rings (SSSR count). The minimum absolute atomic E-state index is 0.0806. The maximum Gasteiger partial charge on any atom is 0.123 e. The molecule has 0 radical (unpaired) electrons. The molecule has 0 aliphatic heterocycles. The van der Waals surface area contributed by atoms with E-state index in [1.54, 1.807) is 12.1 Å². The van der Waals surface area contributed by atoms with E-state index in [9.17, 15) is 4.39 Å². The first-order chi connectivity index (χ1) is 7.75. The average Bonchev–Trinajstić information content (AvgIpc) is 2.31. The molecule has 0 fully saturated rings. The van der Waals surface area contributed by atoms with E-state index in [4.69, 9.17) is 4.74 Å². The monoisotopic (exact) mass is 216 g/mol. The number of para-hydroxylation sites is 1. The van der Waals surface area contributed by atoms with Crippen molar-refractivity contribution >= 4 is 0 Å². The molecule has 2 heteroatoms. The summed E-state index contributed by atoms with van der Waals surface area (Å²) in [5.74, 6) is 0.593. The fourth-order valence-electron chi connectivity index (χ4n) is 1.51. The summed E-state index contributed by atoms with van der Waals surface area (Å²) in [7, 11) is 0. The van der Waals surface area contributed by atoms with Gasteiger partial charge in [-0.25, -0.2) is 4.39 Å². The van der Waals surface area contributed by atoms with Gasteiger partial charge in [-0.1, -0.05) is 30.3 Å². The summed E-state index contributed by atoms with van der Waals surface area (Å²) in [4.78, 5) is 0. The number of hydrogen-bond donors (Lipinski definition) is 0. The molecule has 82 valence electrons. The Morgan fingerprint density at radius 3 is 2.19 bits per heavy atom. The Labute approximate surface area is 94.5 Å². The summed E-state index contributed by atoms with van der Waals surface area (Å²) in [6.45, 7) is 1.94. The first-order valence-corrected chi connectivity index (χ1v) is 5.23. The summed E-state index contributed by atoms with van der Waals surface area (Å²) in [5, 5.41) is 0. The Kier molecular flexibility index (Phi) is 3.20. The van der Waals surface area contributed by atoms with Crippen LogP contribution in [0.15, 0.2) is 54.6 Å². The van der Waals surface area contributed by atoms with Crippen molar-refractivity contribution in [3.8, 4) is 5.75 Å². The molecule has 0 bridgehead atoms. The van der Waals surface area contributed by atoms with E-state index in [0.29, 0.717) is 0 Å². The normalized spacial score (nSPS) is 12.1. The second kappa shape index (κ2) is 4.79. The van der Waals surface area contributed by atoms with Crippen molar-refractivity contribution < 1.29 is 9.13 Å². The van der Waals surface area contributed by atoms with Crippen LogP contribution in [-0.4, -0.2) is 0 Å². The molecule has 0 saturated heterocycles. The van der Waals surface area contributed by atoms with Crippen LogP contribution in [0.2, 0.25) is 0 Å². The molecule has 2 aromatic carbocycles. The molecule has 0 aliphatic rings. The van der Waals surface area contributed by atoms with Crippen LogP contribution < -0.4 is 4.74 Å². The van der Waals surface area contributed by atoms with Crippen molar-refractivity contribution in [3.05, 3.63) is 66.0 Å². The molecule has 1 unspecified atom stereocenters. The molecule has 0 aromatic heterocycles. The molecule has 0 saturated carbocycles. The summed E-state index contributed by atoms with van der Waals surface area (Å²) < 4.78 is 18.5. The van der Waals surface area contributed by atoms with Crippen LogP contribution >= 0.6 is 0 Å². The largest absolute Gasteiger partial charge is 0.486 e. The van der Waals surface area contributed by atoms with Gasteiger partial charge in [-0.3, -0.25) is 0 Å². The highest BCUT2D eigenvalue weighted by atomic mass is 19.1. The molecule has 1 nitrogen and oxygen atoms in total. The molecule has 2 aromatic rings. The summed E-state index contributed by atoms with van der Waals surface area (Å²) in [6.07, 6.45) is -0.0806. The molecular formula is C14H13FO. The lowest BCUT2D eigenvalue weighted by atomic mass is 10.1. The van der Waals surface area contributed by atoms with Crippen LogP contribution in [0.3, 0.4) is 0 Å². The highest BCUT2D eigenvalue weighted by Crippen LogP contribution is 2.21. The topological polar surface area (TPSA) is 9.23 Å². The van der Waals surface area contributed by atoms with Crippen LogP contribution in [-0.2, 0) is 0 Å². The number of hydrogen-bond acceptors (Lipinski definition) is 1. The molecule has 16 heavy (non-hydrogen) atoms. The Morgan fingerprint density at radius 2 is 1.56 bits per heavy atom. The van der Waals surface area contributed by atoms with Crippen LogP contribution in [0, 0.1) is 5.82 Å². The van der Waals surface area contributed by atoms with E-state index in [1.165, 1.54) is 12.1 Å². The fourth-order valence-corrected chi connectivity index (χ4v) is 1.51. The van der Waals surface area contributed by atoms with Crippen molar-refractivity contribution in [2.75, 3.05) is 0 Å². The SMILES string of the molecule is CC(Oc1ccccc1)c1ccc(F)cc1. The summed E-state index contributed by atoms with van der Waals surface area (Å²) >= 11 is 0. The van der Waals surface area contributed by atoms with E-state index < -0.39 is 0 Å². The molecule has 0 spiro atoms. The minimum atomic E-state index is -0.226. The second-order valence-electron chi connectivity index (χ2n) is 3.62. The van der Waals surface area contributed by atoms with Crippen LogP contribution in [0.25, 0.3) is 0 Å². The van der Waals surface area contributed by atoms with Crippen LogP contribution in [0.1, 0.15) is 18.6 Å². The van der Waals surface area contributed by atoms with E-state index >= 15 is 0 Å². The predicted molar refractivity (Wildman–Crippen MR) is 61.9 cm³/mol. The zero-order valence-electron chi connectivity index (χ0n) is 9.06. The smallest absolute Gasteiger partial charge is 0.123 e. The Balaban J connectivity index is 2.09. The number of rotatable bonds is 3.